The van der Waals surface area contributed by atoms with Crippen LogP contribution in [0.15, 0.2) is 42.7 Å². The monoisotopic (exact) mass is 570 g/mol. The summed E-state index contributed by atoms with van der Waals surface area (Å²) >= 11 is 5.82. The molecule has 4 N–H and O–H groups in total. The SMILES string of the molecule is C[NH2+]C=C(I=N)c1cnc2ccc(N(CCCO)c3cc(OC)cc(OC)c3)nc2c1Cl. The first kappa shape index (κ1) is 24.3. The Morgan fingerprint density at radius 2 is 1.97 bits per heavy atom. The van der Waals surface area contributed by atoms with Gasteiger partial charge in [-0.25, -0.2) is 4.98 Å². The van der Waals surface area contributed by atoms with E-state index in [0.717, 1.165) is 14.8 Å². The Bertz CT molecular complexity index is 1120. The molecule has 10 heteroatoms. The zero-order valence-electron chi connectivity index (χ0n) is 18.1. The summed E-state index contributed by atoms with van der Waals surface area (Å²) < 4.78 is 19.7. The van der Waals surface area contributed by atoms with Gasteiger partial charge in [-0.05, 0) is 18.6 Å². The second kappa shape index (κ2) is 11.5. The molecule has 0 saturated carbocycles. The highest BCUT2D eigenvalue weighted by atomic mass is 127. The number of nitrogens with zero attached hydrogens (tertiary/aromatic N) is 3. The highest BCUT2D eigenvalue weighted by Crippen LogP contribution is 2.37. The zero-order valence-corrected chi connectivity index (χ0v) is 21.0. The van der Waals surface area contributed by atoms with Crippen molar-refractivity contribution in [3.63, 3.8) is 0 Å². The summed E-state index contributed by atoms with van der Waals surface area (Å²) in [6.07, 6.45) is 4.18. The Balaban J connectivity index is 2.16. The van der Waals surface area contributed by atoms with Crippen molar-refractivity contribution in [1.82, 2.24) is 9.97 Å². The van der Waals surface area contributed by atoms with E-state index in [1.807, 2.05) is 47.7 Å². The second-order valence-electron chi connectivity index (χ2n) is 6.77. The van der Waals surface area contributed by atoms with Crippen molar-refractivity contribution in [1.29, 1.82) is 3.56 Å². The van der Waals surface area contributed by atoms with Crippen molar-refractivity contribution in [3.05, 3.63) is 53.3 Å². The van der Waals surface area contributed by atoms with Gasteiger partial charge in [-0.3, -0.25) is 8.55 Å². The van der Waals surface area contributed by atoms with Crippen molar-refractivity contribution in [2.24, 2.45) is 0 Å². The fraction of sp³-hybridized carbons (Fsp3) is 0.273. The predicted octanol–water partition coefficient (Wildman–Crippen LogP) is 4.05. The molecular formula is C22H26ClIN5O3+. The number of fused-ring (bicyclic) bond motifs is 1. The number of nitrogens with one attached hydrogen (secondary N) is 1. The zero-order chi connectivity index (χ0) is 23.1. The summed E-state index contributed by atoms with van der Waals surface area (Å²) in [5.41, 5.74) is 2.82. The van der Waals surface area contributed by atoms with E-state index in [2.05, 4.69) is 4.98 Å². The van der Waals surface area contributed by atoms with E-state index < -0.39 is 21.0 Å². The predicted molar refractivity (Wildman–Crippen MR) is 135 cm³/mol. The van der Waals surface area contributed by atoms with Gasteiger partial charge in [0.25, 0.3) is 0 Å². The maximum absolute atomic E-state index is 9.45. The van der Waals surface area contributed by atoms with Crippen molar-refractivity contribution in [2.45, 2.75) is 6.42 Å². The average molecular weight is 571 g/mol. The standard InChI is InChI=1S/C22H25ClIN5O3/c1-26-13-18(24-25)17-12-27-19-5-6-20(28-22(19)21(17)23)29(7-4-8-30)14-9-15(31-2)11-16(10-14)32-3/h5-6,9-13,25-26,30H,4,7-8H2,1-3H3/p+1. The van der Waals surface area contributed by atoms with Gasteiger partial charge in [0.1, 0.15) is 29.0 Å². The highest BCUT2D eigenvalue weighted by molar-refractivity contribution is 14.2. The summed E-state index contributed by atoms with van der Waals surface area (Å²) in [7, 11) is 5.12. The smallest absolute Gasteiger partial charge is 0.133 e. The molecular weight excluding hydrogens is 545 g/mol. The molecule has 0 radical (unpaired) electrons. The van der Waals surface area contributed by atoms with Gasteiger partial charge in [-0.2, -0.15) is 0 Å². The summed E-state index contributed by atoms with van der Waals surface area (Å²) in [4.78, 5) is 11.3. The molecule has 0 bridgehead atoms. The molecule has 8 nitrogen and oxygen atoms in total. The minimum absolute atomic E-state index is 0.0481. The van der Waals surface area contributed by atoms with Crippen LogP contribution in [-0.4, -0.2) is 49.5 Å². The fourth-order valence-electron chi connectivity index (χ4n) is 3.21. The molecule has 0 amide bonds. The molecule has 3 rings (SSSR count). The number of pyridine rings is 2. The van der Waals surface area contributed by atoms with E-state index in [1.165, 1.54) is 0 Å². The summed E-state index contributed by atoms with van der Waals surface area (Å²) in [5.74, 6) is 1.97. The van der Waals surface area contributed by atoms with Crippen LogP contribution >= 0.6 is 32.6 Å². The maximum atomic E-state index is 9.45. The quantitative estimate of drug-likeness (QED) is 0.318. The Hall–Kier alpha value is -2.34. The van der Waals surface area contributed by atoms with Crippen LogP contribution in [0.3, 0.4) is 0 Å². The minimum Gasteiger partial charge on any atom is -0.497 e. The first-order valence-corrected chi connectivity index (χ1v) is 12.5. The topological polar surface area (TPSA) is 108 Å². The lowest BCUT2D eigenvalue weighted by Gasteiger charge is -2.25. The second-order valence-corrected chi connectivity index (χ2v) is 8.84. The number of quaternary nitrogens is 1. The third kappa shape index (κ3) is 5.34. The van der Waals surface area contributed by atoms with E-state index in [-0.39, 0.29) is 6.61 Å². The van der Waals surface area contributed by atoms with Crippen LogP contribution < -0.4 is 19.7 Å². The molecule has 0 aliphatic rings. The van der Waals surface area contributed by atoms with Crippen LogP contribution in [0, 0.1) is 3.56 Å². The number of rotatable bonds is 10. The third-order valence-electron chi connectivity index (χ3n) is 4.77. The Kier molecular flexibility index (Phi) is 8.74. The Morgan fingerprint density at radius 3 is 2.56 bits per heavy atom. The van der Waals surface area contributed by atoms with Crippen molar-refractivity contribution in [2.75, 3.05) is 39.3 Å². The van der Waals surface area contributed by atoms with E-state index in [0.29, 0.717) is 46.3 Å². The maximum Gasteiger partial charge on any atom is 0.133 e. The molecule has 2 aromatic heterocycles. The van der Waals surface area contributed by atoms with E-state index in [4.69, 9.17) is 29.6 Å². The molecule has 3 aromatic rings. The van der Waals surface area contributed by atoms with Crippen LogP contribution in [0.4, 0.5) is 11.5 Å². The van der Waals surface area contributed by atoms with Gasteiger partial charge in [0.2, 0.25) is 0 Å². The number of aliphatic hydroxyl groups is 1. The normalized spacial score (nSPS) is 11.6. The number of methoxy groups -OCH3 is 2. The van der Waals surface area contributed by atoms with Gasteiger partial charge < -0.3 is 24.8 Å². The molecule has 0 fully saturated rings. The first-order chi connectivity index (χ1) is 15.6. The van der Waals surface area contributed by atoms with Crippen molar-refractivity contribution >= 4 is 58.8 Å². The third-order valence-corrected chi connectivity index (χ3v) is 6.68. The summed E-state index contributed by atoms with van der Waals surface area (Å²) in [6.45, 7) is 0.580. The molecule has 1 aromatic carbocycles. The number of anilines is 2. The van der Waals surface area contributed by atoms with E-state index in [9.17, 15) is 5.11 Å². The summed E-state index contributed by atoms with van der Waals surface area (Å²) in [6, 6.07) is 9.34. The van der Waals surface area contributed by atoms with Crippen LogP contribution in [0.5, 0.6) is 11.5 Å². The molecule has 0 saturated heterocycles. The number of hydrogen-bond acceptors (Lipinski definition) is 7. The lowest BCUT2D eigenvalue weighted by molar-refractivity contribution is -0.555. The van der Waals surface area contributed by atoms with Crippen LogP contribution in [0.2, 0.25) is 5.02 Å². The first-order valence-electron chi connectivity index (χ1n) is 9.93. The van der Waals surface area contributed by atoms with Crippen LogP contribution in [0.25, 0.3) is 14.6 Å². The number of ether oxygens (including phenoxy) is 2. The number of hydrogen-bond donors (Lipinski definition) is 3. The Labute approximate surface area is 202 Å². The number of aliphatic hydroxyl groups excluding tert-OH is 1. The van der Waals surface area contributed by atoms with Crippen molar-refractivity contribution in [3.8, 4) is 11.5 Å². The Morgan fingerprint density at radius 1 is 1.25 bits per heavy atom. The number of aromatic nitrogens is 2. The fourth-order valence-corrected chi connectivity index (χ4v) is 4.90. The lowest BCUT2D eigenvalue weighted by atomic mass is 10.2. The number of halogens is 2. The van der Waals surface area contributed by atoms with Crippen LogP contribution in [-0.2, 0) is 0 Å². The molecule has 0 spiro atoms. The highest BCUT2D eigenvalue weighted by Gasteiger charge is 2.17. The molecule has 32 heavy (non-hydrogen) atoms. The van der Waals surface area contributed by atoms with Gasteiger partial charge in [-0.1, -0.05) is 11.6 Å². The molecule has 2 heterocycles. The van der Waals surface area contributed by atoms with Crippen molar-refractivity contribution < 1.29 is 19.9 Å². The van der Waals surface area contributed by atoms with Gasteiger partial charge >= 0.3 is 0 Å². The average Bonchev–Trinajstić information content (AvgIpc) is 2.83. The molecule has 0 unspecified atom stereocenters. The molecule has 170 valence electrons. The largest absolute Gasteiger partial charge is 0.497 e. The van der Waals surface area contributed by atoms with Gasteiger partial charge in [0, 0.05) is 69.8 Å². The van der Waals surface area contributed by atoms with E-state index >= 15 is 0 Å². The number of nitrogens with two attached hydrogens (primary N) is 1. The van der Waals surface area contributed by atoms with Gasteiger partial charge in [0.05, 0.1) is 35.4 Å². The van der Waals surface area contributed by atoms with Gasteiger partial charge in [0.15, 0.2) is 0 Å². The molecule has 0 aliphatic heterocycles. The number of benzene rings is 1. The van der Waals surface area contributed by atoms with Gasteiger partial charge in [-0.15, -0.1) is 0 Å². The molecule has 0 aliphatic carbocycles. The van der Waals surface area contributed by atoms with Crippen LogP contribution in [0.1, 0.15) is 12.0 Å². The van der Waals surface area contributed by atoms with E-state index in [1.54, 1.807) is 26.5 Å². The lowest BCUT2D eigenvalue weighted by Crippen LogP contribution is -2.72. The summed E-state index contributed by atoms with van der Waals surface area (Å²) in [5, 5.41) is 11.8. The molecule has 0 atom stereocenters. The minimum atomic E-state index is -0.933.